The lowest BCUT2D eigenvalue weighted by Gasteiger charge is -2.24. The molecule has 2 atom stereocenters. The average molecular weight is 599 g/mol. The van der Waals surface area contributed by atoms with E-state index < -0.39 is 70.6 Å². The zero-order valence-electron chi connectivity index (χ0n) is 21.2. The lowest BCUT2D eigenvalue weighted by atomic mass is 10.1. The smallest absolute Gasteiger partial charge is 0.416 e. The molecule has 0 bridgehead atoms. The van der Waals surface area contributed by atoms with Crippen molar-refractivity contribution in [3.05, 3.63) is 95.1 Å². The summed E-state index contributed by atoms with van der Waals surface area (Å²) in [6, 6.07) is 11.1. The Bertz CT molecular complexity index is 1490. The second kappa shape index (κ2) is 12.6. The summed E-state index contributed by atoms with van der Waals surface area (Å²) in [6.45, 7) is 0. The summed E-state index contributed by atoms with van der Waals surface area (Å²) in [6.07, 6.45) is -15.0. The van der Waals surface area contributed by atoms with Crippen molar-refractivity contribution in [3.8, 4) is 5.75 Å². The van der Waals surface area contributed by atoms with Crippen LogP contribution in [0.4, 0.5) is 32.0 Å². The molecule has 222 valence electrons. The van der Waals surface area contributed by atoms with Crippen molar-refractivity contribution in [1.82, 2.24) is 0 Å². The molecule has 0 aliphatic carbocycles. The summed E-state index contributed by atoms with van der Waals surface area (Å²) in [5.41, 5.74) is -4.11. The number of halogens is 6. The van der Waals surface area contributed by atoms with E-state index in [1.165, 1.54) is 31.4 Å². The van der Waals surface area contributed by atoms with Gasteiger partial charge in [-0.1, -0.05) is 24.3 Å². The Morgan fingerprint density at radius 3 is 1.64 bits per heavy atom. The fourth-order valence-corrected chi connectivity index (χ4v) is 3.46. The van der Waals surface area contributed by atoms with Crippen molar-refractivity contribution >= 4 is 29.5 Å². The number of esters is 2. The molecule has 0 unspecified atom stereocenters. The maximum Gasteiger partial charge on any atom is 0.416 e. The number of alkyl halides is 6. The molecule has 1 amide bonds. The van der Waals surface area contributed by atoms with E-state index in [2.05, 4.69) is 5.32 Å². The molecule has 0 spiro atoms. The highest BCUT2D eigenvalue weighted by Crippen LogP contribution is 2.31. The van der Waals surface area contributed by atoms with E-state index in [1.807, 2.05) is 0 Å². The van der Waals surface area contributed by atoms with Crippen molar-refractivity contribution < 1.29 is 64.8 Å². The van der Waals surface area contributed by atoms with E-state index in [-0.39, 0.29) is 11.4 Å². The molecule has 0 saturated carbocycles. The summed E-state index contributed by atoms with van der Waals surface area (Å²) in [5.74, 6) is -6.69. The van der Waals surface area contributed by atoms with Crippen LogP contribution in [0.15, 0.2) is 72.8 Å². The van der Waals surface area contributed by atoms with Crippen LogP contribution in [0.5, 0.6) is 5.75 Å². The summed E-state index contributed by atoms with van der Waals surface area (Å²) in [5, 5.41) is 12.0. The van der Waals surface area contributed by atoms with Gasteiger partial charge >= 0.3 is 30.3 Å². The van der Waals surface area contributed by atoms with Crippen molar-refractivity contribution in [3.63, 3.8) is 0 Å². The predicted octanol–water partition coefficient (Wildman–Crippen LogP) is 5.21. The molecule has 42 heavy (non-hydrogen) atoms. The van der Waals surface area contributed by atoms with Crippen LogP contribution in [-0.2, 0) is 31.4 Å². The van der Waals surface area contributed by atoms with Crippen molar-refractivity contribution in [1.29, 1.82) is 0 Å². The molecule has 2 N–H and O–H groups in total. The topological polar surface area (TPSA) is 128 Å². The Morgan fingerprint density at radius 1 is 0.714 bits per heavy atom. The number of nitrogens with one attached hydrogen (secondary N) is 1. The maximum atomic E-state index is 13.2. The van der Waals surface area contributed by atoms with Crippen LogP contribution in [0.2, 0.25) is 0 Å². The van der Waals surface area contributed by atoms with Crippen molar-refractivity contribution in [2.75, 3.05) is 12.4 Å². The van der Waals surface area contributed by atoms with Gasteiger partial charge in [0, 0.05) is 0 Å². The largest absolute Gasteiger partial charge is 0.495 e. The molecular formula is C27H19F6NO8. The number of benzene rings is 3. The van der Waals surface area contributed by atoms with Gasteiger partial charge in [0.05, 0.1) is 35.1 Å². The van der Waals surface area contributed by atoms with Gasteiger partial charge in [-0.3, -0.25) is 4.79 Å². The molecule has 0 fully saturated rings. The minimum absolute atomic E-state index is 0.0571. The maximum absolute atomic E-state index is 13.2. The third-order valence-electron chi connectivity index (χ3n) is 5.46. The third kappa shape index (κ3) is 7.77. The quantitative estimate of drug-likeness (QED) is 0.254. The second-order valence-electron chi connectivity index (χ2n) is 8.34. The van der Waals surface area contributed by atoms with E-state index >= 15 is 0 Å². The first-order valence-corrected chi connectivity index (χ1v) is 11.5. The molecule has 15 heteroatoms. The second-order valence-corrected chi connectivity index (χ2v) is 8.34. The third-order valence-corrected chi connectivity index (χ3v) is 5.46. The number of rotatable bonds is 9. The number of amides is 1. The number of carboxylic acid groups (broad SMARTS) is 1. The highest BCUT2D eigenvalue weighted by atomic mass is 19.4. The molecule has 0 aliphatic heterocycles. The Hall–Kier alpha value is -5.08. The van der Waals surface area contributed by atoms with Gasteiger partial charge in [-0.2, -0.15) is 26.3 Å². The molecule has 0 heterocycles. The number of hydrogen-bond donors (Lipinski definition) is 2. The number of carbonyl (C=O) groups excluding carboxylic acids is 3. The van der Waals surface area contributed by atoms with Gasteiger partial charge in [0.25, 0.3) is 5.91 Å². The van der Waals surface area contributed by atoms with Crippen LogP contribution in [0.1, 0.15) is 31.8 Å². The van der Waals surface area contributed by atoms with Gasteiger partial charge < -0.3 is 24.6 Å². The standard InChI is InChI=1S/C27H19F6NO8/c1-40-19-11-3-2-10-18(19)34-22(35)20(41-24(38)14-6-4-8-16(12-14)26(28,29)30)21(23(36)37)42-25(39)15-7-5-9-17(13-15)27(31,32)33/h2-13,20-21H,1H3,(H,34,35)(H,36,37)/t20-,21-/m0/s1. The zero-order valence-corrected chi connectivity index (χ0v) is 21.2. The number of carbonyl (C=O) groups is 4. The average Bonchev–Trinajstić information content (AvgIpc) is 2.94. The monoisotopic (exact) mass is 599 g/mol. The molecule has 9 nitrogen and oxygen atoms in total. The van der Waals surface area contributed by atoms with E-state index in [0.29, 0.717) is 24.3 Å². The first-order chi connectivity index (χ1) is 19.6. The van der Waals surface area contributed by atoms with Crippen LogP contribution in [-0.4, -0.2) is 48.2 Å². The molecule has 3 aromatic rings. The minimum atomic E-state index is -4.87. The van der Waals surface area contributed by atoms with Crippen LogP contribution in [0, 0.1) is 0 Å². The summed E-state index contributed by atoms with van der Waals surface area (Å²) in [4.78, 5) is 50.8. The fourth-order valence-electron chi connectivity index (χ4n) is 3.46. The molecular weight excluding hydrogens is 580 g/mol. The molecule has 0 aliphatic rings. The van der Waals surface area contributed by atoms with Crippen molar-refractivity contribution in [2.45, 2.75) is 24.6 Å². The number of methoxy groups -OCH3 is 1. The van der Waals surface area contributed by atoms with E-state index in [0.717, 1.165) is 24.3 Å². The Morgan fingerprint density at radius 2 is 1.19 bits per heavy atom. The molecule has 0 aromatic heterocycles. The van der Waals surface area contributed by atoms with Gasteiger partial charge in [0.1, 0.15) is 5.75 Å². The number of para-hydroxylation sites is 2. The highest BCUT2D eigenvalue weighted by Gasteiger charge is 2.42. The minimum Gasteiger partial charge on any atom is -0.495 e. The normalized spacial score (nSPS) is 12.9. The lowest BCUT2D eigenvalue weighted by Crippen LogP contribution is -2.48. The number of hydrogen-bond acceptors (Lipinski definition) is 7. The van der Waals surface area contributed by atoms with Crippen LogP contribution in [0.25, 0.3) is 0 Å². The number of anilines is 1. The van der Waals surface area contributed by atoms with Gasteiger partial charge in [-0.15, -0.1) is 0 Å². The lowest BCUT2D eigenvalue weighted by molar-refractivity contribution is -0.157. The van der Waals surface area contributed by atoms with Crippen molar-refractivity contribution in [2.24, 2.45) is 0 Å². The summed E-state index contributed by atoms with van der Waals surface area (Å²) in [7, 11) is 1.23. The van der Waals surface area contributed by atoms with Crippen LogP contribution < -0.4 is 10.1 Å². The first kappa shape index (κ1) is 31.4. The molecule has 0 radical (unpaired) electrons. The fraction of sp³-hybridized carbons (Fsp3) is 0.185. The van der Waals surface area contributed by atoms with Gasteiger partial charge in [-0.05, 0) is 48.5 Å². The Labute approximate surface area is 232 Å². The van der Waals surface area contributed by atoms with Crippen LogP contribution >= 0.6 is 0 Å². The van der Waals surface area contributed by atoms with E-state index in [9.17, 15) is 50.6 Å². The Balaban J connectivity index is 1.99. The van der Waals surface area contributed by atoms with Crippen LogP contribution in [0.3, 0.4) is 0 Å². The van der Waals surface area contributed by atoms with Gasteiger partial charge in [0.15, 0.2) is 0 Å². The summed E-state index contributed by atoms with van der Waals surface area (Å²) >= 11 is 0. The molecule has 3 rings (SSSR count). The number of carboxylic acids is 1. The van der Waals surface area contributed by atoms with E-state index in [4.69, 9.17) is 14.2 Å². The van der Waals surface area contributed by atoms with Gasteiger partial charge in [-0.25, -0.2) is 14.4 Å². The number of aliphatic carboxylic acids is 1. The SMILES string of the molecule is COc1ccccc1NC(=O)[C@@H](OC(=O)c1cccc(C(F)(F)F)c1)[C@H](OC(=O)c1cccc(C(F)(F)F)c1)C(=O)O. The zero-order chi connectivity index (χ0) is 31.2. The van der Waals surface area contributed by atoms with Gasteiger partial charge in [0.2, 0.25) is 12.2 Å². The highest BCUT2D eigenvalue weighted by molar-refractivity contribution is 6.02. The molecule has 0 saturated heterocycles. The number of ether oxygens (including phenoxy) is 3. The summed E-state index contributed by atoms with van der Waals surface area (Å²) < 4.78 is 93.5. The van der Waals surface area contributed by atoms with E-state index in [1.54, 1.807) is 0 Å². The molecule has 3 aromatic carbocycles. The predicted molar refractivity (Wildman–Crippen MR) is 131 cm³/mol. The Kier molecular flexibility index (Phi) is 9.45. The first-order valence-electron chi connectivity index (χ1n) is 11.5.